The molecule has 5 rings (SSSR count). The van der Waals surface area contributed by atoms with Crippen molar-refractivity contribution in [1.82, 2.24) is 0 Å². The highest BCUT2D eigenvalue weighted by atomic mass is 32.2. The van der Waals surface area contributed by atoms with E-state index in [9.17, 15) is 18.8 Å². The molecule has 172 valence electrons. The van der Waals surface area contributed by atoms with Crippen LogP contribution in [-0.2, 0) is 19.3 Å². The van der Waals surface area contributed by atoms with Gasteiger partial charge in [-0.3, -0.25) is 24.2 Å². The number of nitrogens with zero attached hydrogens (tertiary/aromatic N) is 2. The van der Waals surface area contributed by atoms with E-state index >= 15 is 0 Å². The van der Waals surface area contributed by atoms with Crippen LogP contribution >= 0.6 is 11.8 Å². The first-order valence-electron chi connectivity index (χ1n) is 10.8. The number of benzene rings is 3. The quantitative estimate of drug-likeness (QED) is 0.609. The fourth-order valence-electron chi connectivity index (χ4n) is 4.47. The maximum absolute atomic E-state index is 14.0. The van der Waals surface area contributed by atoms with Gasteiger partial charge in [0.1, 0.15) is 12.4 Å². The molecule has 3 aromatic rings. The van der Waals surface area contributed by atoms with E-state index in [1.807, 2.05) is 44.2 Å². The Morgan fingerprint density at radius 2 is 1.76 bits per heavy atom. The fourth-order valence-corrected chi connectivity index (χ4v) is 5.83. The summed E-state index contributed by atoms with van der Waals surface area (Å²) in [5.74, 6) is -1.49. The molecule has 1 fully saturated rings. The molecular formula is C26H22FN3O3S. The molecule has 8 heteroatoms. The van der Waals surface area contributed by atoms with Gasteiger partial charge in [-0.2, -0.15) is 0 Å². The molecular weight excluding hydrogens is 453 g/mol. The number of thioether (sulfide) groups is 1. The first-order chi connectivity index (χ1) is 16.3. The van der Waals surface area contributed by atoms with Gasteiger partial charge in [0, 0.05) is 11.3 Å². The van der Waals surface area contributed by atoms with Crippen molar-refractivity contribution in [2.45, 2.75) is 18.7 Å². The number of anilines is 3. The number of rotatable bonds is 4. The minimum absolute atomic E-state index is 0.0457. The van der Waals surface area contributed by atoms with Crippen molar-refractivity contribution in [2.75, 3.05) is 27.4 Å². The number of carbonyl (C=O) groups excluding carboxylic acids is 3. The van der Waals surface area contributed by atoms with Gasteiger partial charge in [-0.25, -0.2) is 4.39 Å². The van der Waals surface area contributed by atoms with Crippen LogP contribution in [0.3, 0.4) is 0 Å². The average Bonchev–Trinajstić information content (AvgIpc) is 3.28. The van der Waals surface area contributed by atoms with Crippen molar-refractivity contribution < 1.29 is 18.8 Å². The SMILES string of the molecule is Cc1ccc(N2C(=O)CS[C@]23C(=O)N(CC(=O)Nc2ccccc2F)c2ccccc23)cc1C. The van der Waals surface area contributed by atoms with Crippen molar-refractivity contribution in [3.63, 3.8) is 0 Å². The van der Waals surface area contributed by atoms with E-state index in [-0.39, 0.29) is 29.8 Å². The van der Waals surface area contributed by atoms with E-state index in [0.717, 1.165) is 11.1 Å². The van der Waals surface area contributed by atoms with Gasteiger partial charge in [0.2, 0.25) is 16.7 Å². The van der Waals surface area contributed by atoms with Crippen LogP contribution in [0.5, 0.6) is 0 Å². The number of nitrogens with one attached hydrogen (secondary N) is 1. The second kappa shape index (κ2) is 8.29. The first-order valence-corrected chi connectivity index (χ1v) is 11.8. The van der Waals surface area contributed by atoms with Crippen LogP contribution in [0.25, 0.3) is 0 Å². The van der Waals surface area contributed by atoms with Crippen LogP contribution in [0.15, 0.2) is 66.7 Å². The summed E-state index contributed by atoms with van der Waals surface area (Å²) >= 11 is 1.25. The number of hydrogen-bond donors (Lipinski definition) is 1. The molecule has 1 atom stereocenters. The molecule has 0 saturated carbocycles. The zero-order valence-electron chi connectivity index (χ0n) is 18.7. The lowest BCUT2D eigenvalue weighted by Crippen LogP contribution is -2.51. The van der Waals surface area contributed by atoms with Gasteiger partial charge in [0.15, 0.2) is 0 Å². The summed E-state index contributed by atoms with van der Waals surface area (Å²) in [7, 11) is 0. The van der Waals surface area contributed by atoms with Gasteiger partial charge < -0.3 is 5.32 Å². The Labute approximate surface area is 200 Å². The largest absolute Gasteiger partial charge is 0.322 e. The monoisotopic (exact) mass is 475 g/mol. The lowest BCUT2D eigenvalue weighted by atomic mass is 10.0. The lowest BCUT2D eigenvalue weighted by Gasteiger charge is -2.33. The van der Waals surface area contributed by atoms with Crippen molar-refractivity contribution >= 4 is 46.5 Å². The number of fused-ring (bicyclic) bond motifs is 2. The summed E-state index contributed by atoms with van der Waals surface area (Å²) in [4.78, 5) is 41.5. The third-order valence-electron chi connectivity index (χ3n) is 6.26. The number of hydrogen-bond acceptors (Lipinski definition) is 4. The van der Waals surface area contributed by atoms with Crippen LogP contribution in [0, 0.1) is 19.7 Å². The molecule has 34 heavy (non-hydrogen) atoms. The Kier molecular flexibility index (Phi) is 5.40. The first kappa shape index (κ1) is 22.2. The number of aryl methyl sites for hydroxylation is 2. The van der Waals surface area contributed by atoms with Crippen LogP contribution in [0.1, 0.15) is 16.7 Å². The Morgan fingerprint density at radius 1 is 1.03 bits per heavy atom. The highest BCUT2D eigenvalue weighted by Gasteiger charge is 2.61. The Morgan fingerprint density at radius 3 is 2.53 bits per heavy atom. The van der Waals surface area contributed by atoms with E-state index in [2.05, 4.69) is 5.32 Å². The maximum atomic E-state index is 14.0. The molecule has 1 spiro atoms. The van der Waals surface area contributed by atoms with E-state index in [4.69, 9.17) is 0 Å². The molecule has 0 radical (unpaired) electrons. The molecule has 0 unspecified atom stereocenters. The van der Waals surface area contributed by atoms with Gasteiger partial charge in [-0.1, -0.05) is 36.4 Å². The van der Waals surface area contributed by atoms with Gasteiger partial charge in [-0.15, -0.1) is 11.8 Å². The normalized spacial score (nSPS) is 19.1. The number of para-hydroxylation sites is 2. The van der Waals surface area contributed by atoms with Gasteiger partial charge in [-0.05, 0) is 55.3 Å². The van der Waals surface area contributed by atoms with E-state index in [1.54, 1.807) is 23.1 Å². The molecule has 3 amide bonds. The predicted octanol–water partition coefficient (Wildman–Crippen LogP) is 4.36. The van der Waals surface area contributed by atoms with Crippen LogP contribution < -0.4 is 15.1 Å². The summed E-state index contributed by atoms with van der Waals surface area (Å²) in [5, 5.41) is 2.54. The molecule has 1 saturated heterocycles. The molecule has 0 bridgehead atoms. The summed E-state index contributed by atoms with van der Waals surface area (Å²) < 4.78 is 14.0. The van der Waals surface area contributed by atoms with Crippen LogP contribution in [-0.4, -0.2) is 30.0 Å². The lowest BCUT2D eigenvalue weighted by molar-refractivity contribution is -0.124. The Hall–Kier alpha value is -3.65. The van der Waals surface area contributed by atoms with E-state index < -0.39 is 16.6 Å². The van der Waals surface area contributed by atoms with Crippen molar-refractivity contribution in [3.8, 4) is 0 Å². The second-order valence-corrected chi connectivity index (χ2v) is 9.54. The highest BCUT2D eigenvalue weighted by molar-refractivity contribution is 8.02. The number of amides is 3. The standard InChI is InChI=1S/C26H22FN3O3S/c1-16-11-12-18(13-17(16)2)30-24(32)15-34-26(30)19-7-3-6-10-22(19)29(25(26)33)14-23(31)28-21-9-5-4-8-20(21)27/h3-13H,14-15H2,1-2H3,(H,28,31)/t26-/m1/s1. The minimum atomic E-state index is -1.30. The van der Waals surface area contributed by atoms with Crippen molar-refractivity contribution in [1.29, 1.82) is 0 Å². The molecule has 1 N–H and O–H groups in total. The van der Waals surface area contributed by atoms with Gasteiger partial charge >= 0.3 is 0 Å². The summed E-state index contributed by atoms with van der Waals surface area (Å²) in [6.45, 7) is 3.64. The van der Waals surface area contributed by atoms with Crippen LogP contribution in [0.2, 0.25) is 0 Å². The average molecular weight is 476 g/mol. The number of halogens is 1. The molecule has 0 aliphatic carbocycles. The van der Waals surface area contributed by atoms with Crippen LogP contribution in [0.4, 0.5) is 21.5 Å². The van der Waals surface area contributed by atoms with E-state index in [1.165, 1.54) is 34.9 Å². The second-order valence-electron chi connectivity index (χ2n) is 8.37. The maximum Gasteiger partial charge on any atom is 0.269 e. The molecule has 0 aromatic heterocycles. The Balaban J connectivity index is 1.53. The molecule has 2 aliphatic rings. The zero-order valence-corrected chi connectivity index (χ0v) is 19.5. The van der Waals surface area contributed by atoms with Crippen molar-refractivity contribution in [3.05, 3.63) is 89.2 Å². The fraction of sp³-hybridized carbons (Fsp3) is 0.192. The molecule has 6 nitrogen and oxygen atoms in total. The zero-order chi connectivity index (χ0) is 24.0. The molecule has 2 heterocycles. The van der Waals surface area contributed by atoms with Crippen molar-refractivity contribution in [2.24, 2.45) is 0 Å². The highest BCUT2D eigenvalue weighted by Crippen LogP contribution is 2.55. The smallest absolute Gasteiger partial charge is 0.269 e. The number of carbonyl (C=O) groups is 3. The third-order valence-corrected chi connectivity index (χ3v) is 7.65. The summed E-state index contributed by atoms with van der Waals surface area (Å²) in [6, 6.07) is 18.7. The summed E-state index contributed by atoms with van der Waals surface area (Å²) in [6.07, 6.45) is 0. The molecule has 2 aliphatic heterocycles. The predicted molar refractivity (Wildman–Crippen MR) is 131 cm³/mol. The van der Waals surface area contributed by atoms with E-state index in [0.29, 0.717) is 16.9 Å². The Bertz CT molecular complexity index is 1340. The minimum Gasteiger partial charge on any atom is -0.322 e. The van der Waals surface area contributed by atoms with Gasteiger partial charge in [0.25, 0.3) is 5.91 Å². The third kappa shape index (κ3) is 3.37. The van der Waals surface area contributed by atoms with Gasteiger partial charge in [0.05, 0.1) is 17.1 Å². The summed E-state index contributed by atoms with van der Waals surface area (Å²) in [5.41, 5.74) is 4.00. The topological polar surface area (TPSA) is 69.7 Å². The molecule has 3 aromatic carbocycles.